The van der Waals surface area contributed by atoms with E-state index in [2.05, 4.69) is 27.3 Å². The molecule has 0 spiro atoms. The third kappa shape index (κ3) is 2.98. The number of carbonyl (C=O) groups is 1. The van der Waals surface area contributed by atoms with Crippen LogP contribution in [0.3, 0.4) is 0 Å². The summed E-state index contributed by atoms with van der Waals surface area (Å²) < 4.78 is 0. The van der Waals surface area contributed by atoms with Crippen LogP contribution in [-0.2, 0) is 11.3 Å². The molecule has 2 heterocycles. The normalized spacial score (nSPS) is 15.9. The minimum atomic E-state index is 0.159. The molecule has 1 N–H and O–H groups in total. The van der Waals surface area contributed by atoms with Crippen LogP contribution in [0.15, 0.2) is 18.3 Å². The molecular formula is C13H20N4O. The van der Waals surface area contributed by atoms with Crippen LogP contribution in [0.5, 0.6) is 0 Å². The van der Waals surface area contributed by atoms with Gasteiger partial charge in [0.05, 0.1) is 0 Å². The largest absolute Gasteiger partial charge is 0.353 e. The number of amides is 1. The van der Waals surface area contributed by atoms with E-state index < -0.39 is 0 Å². The zero-order valence-electron chi connectivity index (χ0n) is 11.0. The predicted octanol–water partition coefficient (Wildman–Crippen LogP) is 0.469. The van der Waals surface area contributed by atoms with Gasteiger partial charge in [0.2, 0.25) is 5.91 Å². The third-order valence-corrected chi connectivity index (χ3v) is 3.24. The Hall–Kier alpha value is -1.62. The van der Waals surface area contributed by atoms with Crippen molar-refractivity contribution >= 4 is 11.7 Å². The van der Waals surface area contributed by atoms with Crippen LogP contribution in [0, 0.1) is 0 Å². The quantitative estimate of drug-likeness (QED) is 0.845. The highest BCUT2D eigenvalue weighted by Gasteiger charge is 2.19. The SMILES string of the molecule is CNCc1ccc(N2CCN(C(C)=O)CC2)nc1. The molecule has 0 radical (unpaired) electrons. The lowest BCUT2D eigenvalue weighted by molar-refractivity contribution is -0.129. The number of pyridine rings is 1. The Bertz CT molecular complexity index is 396. The van der Waals surface area contributed by atoms with Crippen molar-refractivity contribution in [2.45, 2.75) is 13.5 Å². The van der Waals surface area contributed by atoms with E-state index in [-0.39, 0.29) is 5.91 Å². The maximum absolute atomic E-state index is 11.2. The van der Waals surface area contributed by atoms with Gasteiger partial charge in [0.25, 0.3) is 0 Å². The summed E-state index contributed by atoms with van der Waals surface area (Å²) in [4.78, 5) is 19.8. The van der Waals surface area contributed by atoms with E-state index in [1.54, 1.807) is 6.92 Å². The van der Waals surface area contributed by atoms with E-state index >= 15 is 0 Å². The van der Waals surface area contributed by atoms with E-state index in [4.69, 9.17) is 0 Å². The number of rotatable bonds is 3. The number of aromatic nitrogens is 1. The molecule has 1 aromatic rings. The topological polar surface area (TPSA) is 48.5 Å². The highest BCUT2D eigenvalue weighted by molar-refractivity contribution is 5.73. The minimum Gasteiger partial charge on any atom is -0.353 e. The maximum Gasteiger partial charge on any atom is 0.219 e. The van der Waals surface area contributed by atoms with Crippen molar-refractivity contribution in [3.63, 3.8) is 0 Å². The molecule has 2 rings (SSSR count). The lowest BCUT2D eigenvalue weighted by Crippen LogP contribution is -2.48. The molecule has 0 bridgehead atoms. The van der Waals surface area contributed by atoms with Crippen LogP contribution in [0.4, 0.5) is 5.82 Å². The van der Waals surface area contributed by atoms with Gasteiger partial charge >= 0.3 is 0 Å². The Kier molecular flexibility index (Phi) is 4.15. The molecule has 5 heteroatoms. The monoisotopic (exact) mass is 248 g/mol. The van der Waals surface area contributed by atoms with E-state index in [0.717, 1.165) is 38.5 Å². The average molecular weight is 248 g/mol. The molecule has 0 aliphatic carbocycles. The van der Waals surface area contributed by atoms with Crippen molar-refractivity contribution in [3.05, 3.63) is 23.9 Å². The molecule has 0 unspecified atom stereocenters. The first kappa shape index (κ1) is 12.8. The highest BCUT2D eigenvalue weighted by Crippen LogP contribution is 2.14. The minimum absolute atomic E-state index is 0.159. The molecule has 1 aromatic heterocycles. The van der Waals surface area contributed by atoms with E-state index in [0.29, 0.717) is 0 Å². The lowest BCUT2D eigenvalue weighted by Gasteiger charge is -2.34. The number of nitrogens with one attached hydrogen (secondary N) is 1. The number of carbonyl (C=O) groups excluding carboxylic acids is 1. The van der Waals surface area contributed by atoms with Crippen molar-refractivity contribution in [2.75, 3.05) is 38.1 Å². The molecule has 1 amide bonds. The third-order valence-electron chi connectivity index (χ3n) is 3.24. The Morgan fingerprint density at radius 1 is 1.33 bits per heavy atom. The maximum atomic E-state index is 11.2. The highest BCUT2D eigenvalue weighted by atomic mass is 16.2. The first-order chi connectivity index (χ1) is 8.70. The standard InChI is InChI=1S/C13H20N4O/c1-11(18)16-5-7-17(8-6-16)13-4-3-12(9-14-2)10-15-13/h3-4,10,14H,5-9H2,1-2H3. The zero-order valence-corrected chi connectivity index (χ0v) is 11.0. The van der Waals surface area contributed by atoms with Gasteiger partial charge in [-0.2, -0.15) is 0 Å². The van der Waals surface area contributed by atoms with Gasteiger partial charge in [-0.05, 0) is 18.7 Å². The fraction of sp³-hybridized carbons (Fsp3) is 0.538. The second kappa shape index (κ2) is 5.82. The van der Waals surface area contributed by atoms with Crippen LogP contribution in [0.2, 0.25) is 0 Å². The molecule has 1 aliphatic heterocycles. The van der Waals surface area contributed by atoms with Gasteiger partial charge in [-0.15, -0.1) is 0 Å². The van der Waals surface area contributed by atoms with Crippen LogP contribution in [0.25, 0.3) is 0 Å². The lowest BCUT2D eigenvalue weighted by atomic mass is 10.2. The summed E-state index contributed by atoms with van der Waals surface area (Å²) in [5, 5.41) is 3.10. The second-order valence-electron chi connectivity index (χ2n) is 4.55. The van der Waals surface area contributed by atoms with Gasteiger partial charge in [-0.3, -0.25) is 4.79 Å². The first-order valence-electron chi connectivity index (χ1n) is 6.30. The predicted molar refractivity (Wildman–Crippen MR) is 71.5 cm³/mol. The number of anilines is 1. The molecular weight excluding hydrogens is 228 g/mol. The van der Waals surface area contributed by atoms with Gasteiger partial charge in [0.1, 0.15) is 5.82 Å². The van der Waals surface area contributed by atoms with Crippen LogP contribution < -0.4 is 10.2 Å². The Morgan fingerprint density at radius 2 is 2.06 bits per heavy atom. The molecule has 98 valence electrons. The molecule has 0 saturated carbocycles. The zero-order chi connectivity index (χ0) is 13.0. The first-order valence-corrected chi connectivity index (χ1v) is 6.30. The van der Waals surface area contributed by atoms with E-state index in [9.17, 15) is 4.79 Å². The smallest absolute Gasteiger partial charge is 0.219 e. The second-order valence-corrected chi connectivity index (χ2v) is 4.55. The van der Waals surface area contributed by atoms with Gasteiger partial charge in [0, 0.05) is 45.8 Å². The number of nitrogens with zero attached hydrogens (tertiary/aromatic N) is 3. The van der Waals surface area contributed by atoms with E-state index in [1.807, 2.05) is 18.1 Å². The number of hydrogen-bond donors (Lipinski definition) is 1. The van der Waals surface area contributed by atoms with Crippen molar-refractivity contribution in [2.24, 2.45) is 0 Å². The molecule has 1 fully saturated rings. The van der Waals surface area contributed by atoms with Crippen molar-refractivity contribution in [1.82, 2.24) is 15.2 Å². The van der Waals surface area contributed by atoms with Gasteiger partial charge < -0.3 is 15.1 Å². The Labute approximate surface area is 108 Å². The summed E-state index contributed by atoms with van der Waals surface area (Å²) in [5.74, 6) is 1.16. The van der Waals surface area contributed by atoms with Crippen molar-refractivity contribution in [1.29, 1.82) is 0 Å². The molecule has 5 nitrogen and oxygen atoms in total. The van der Waals surface area contributed by atoms with Gasteiger partial charge in [0.15, 0.2) is 0 Å². The Balaban J connectivity index is 1.95. The molecule has 0 aromatic carbocycles. The summed E-state index contributed by atoms with van der Waals surface area (Å²) >= 11 is 0. The molecule has 0 atom stereocenters. The summed E-state index contributed by atoms with van der Waals surface area (Å²) in [7, 11) is 1.93. The van der Waals surface area contributed by atoms with Gasteiger partial charge in [-0.25, -0.2) is 4.98 Å². The van der Waals surface area contributed by atoms with Crippen molar-refractivity contribution < 1.29 is 4.79 Å². The van der Waals surface area contributed by atoms with Crippen LogP contribution in [-0.4, -0.2) is 49.0 Å². The number of piperazine rings is 1. The van der Waals surface area contributed by atoms with Gasteiger partial charge in [-0.1, -0.05) is 6.07 Å². The van der Waals surface area contributed by atoms with Crippen molar-refractivity contribution in [3.8, 4) is 0 Å². The van der Waals surface area contributed by atoms with E-state index in [1.165, 1.54) is 5.56 Å². The Morgan fingerprint density at radius 3 is 2.56 bits per heavy atom. The summed E-state index contributed by atoms with van der Waals surface area (Å²) in [6.07, 6.45) is 1.91. The summed E-state index contributed by atoms with van der Waals surface area (Å²) in [5.41, 5.74) is 1.18. The summed E-state index contributed by atoms with van der Waals surface area (Å²) in [6.45, 7) is 5.76. The fourth-order valence-electron chi connectivity index (χ4n) is 2.16. The average Bonchev–Trinajstić information content (AvgIpc) is 2.40. The molecule has 1 aliphatic rings. The number of hydrogen-bond acceptors (Lipinski definition) is 4. The molecule has 18 heavy (non-hydrogen) atoms. The van der Waals surface area contributed by atoms with Crippen LogP contribution >= 0.6 is 0 Å². The molecule has 1 saturated heterocycles. The fourth-order valence-corrected chi connectivity index (χ4v) is 2.16. The van der Waals surface area contributed by atoms with Crippen LogP contribution in [0.1, 0.15) is 12.5 Å². The summed E-state index contributed by atoms with van der Waals surface area (Å²) in [6, 6.07) is 4.15.